The summed E-state index contributed by atoms with van der Waals surface area (Å²) in [5.41, 5.74) is 3.25. The Kier molecular flexibility index (Phi) is 12.2. The van der Waals surface area contributed by atoms with Crippen molar-refractivity contribution in [1.82, 2.24) is 30.2 Å². The summed E-state index contributed by atoms with van der Waals surface area (Å²) >= 11 is 6.63. The van der Waals surface area contributed by atoms with Gasteiger partial charge in [-0.2, -0.15) is 15.0 Å². The molecule has 4 aliphatic rings. The molecule has 0 aliphatic carbocycles. The number of pyridine rings is 1. The van der Waals surface area contributed by atoms with E-state index in [1.165, 1.54) is 0 Å². The number of aromatic nitrogens is 4. The van der Waals surface area contributed by atoms with E-state index in [2.05, 4.69) is 35.9 Å². The first kappa shape index (κ1) is 36.8. The van der Waals surface area contributed by atoms with Gasteiger partial charge >= 0.3 is 12.1 Å². The van der Waals surface area contributed by atoms with Crippen LogP contribution in [0.2, 0.25) is 5.02 Å². The molecule has 6 bridgehead atoms. The average Bonchev–Trinajstić information content (AvgIpc) is 3.17. The van der Waals surface area contributed by atoms with Crippen LogP contribution in [0.1, 0.15) is 47.3 Å². The Morgan fingerprint density at radius 3 is 2.49 bits per heavy atom. The van der Waals surface area contributed by atoms with Gasteiger partial charge in [-0.3, -0.25) is 9.78 Å². The summed E-state index contributed by atoms with van der Waals surface area (Å²) in [5.74, 6) is 0.798. The van der Waals surface area contributed by atoms with E-state index in [0.29, 0.717) is 61.2 Å². The molecule has 0 fully saturated rings. The van der Waals surface area contributed by atoms with Crippen LogP contribution in [0.5, 0.6) is 11.8 Å². The van der Waals surface area contributed by atoms with Gasteiger partial charge in [0.15, 0.2) is 0 Å². The number of hydrogen-bond donors (Lipinski definition) is 3. The van der Waals surface area contributed by atoms with Gasteiger partial charge in [-0.1, -0.05) is 67.9 Å². The molecule has 2 aromatic heterocycles. The molecule has 0 spiro atoms. The van der Waals surface area contributed by atoms with Crippen molar-refractivity contribution in [2.45, 2.75) is 40.0 Å². The summed E-state index contributed by atoms with van der Waals surface area (Å²) in [6, 6.07) is 25.8. The van der Waals surface area contributed by atoms with Crippen LogP contribution in [0, 0.1) is 5.41 Å². The Hall–Kier alpha value is -5.95. The van der Waals surface area contributed by atoms with Crippen molar-refractivity contribution >= 4 is 41.2 Å². The lowest BCUT2D eigenvalue weighted by atomic mass is 9.92. The third-order valence-corrected chi connectivity index (χ3v) is 8.49. The van der Waals surface area contributed by atoms with Crippen molar-refractivity contribution in [3.05, 3.63) is 125 Å². The lowest BCUT2D eigenvalue weighted by Crippen LogP contribution is -2.45. The molecule has 0 radical (unpaired) electrons. The van der Waals surface area contributed by atoms with Crippen molar-refractivity contribution in [1.29, 1.82) is 0 Å². The molecule has 5 aromatic rings. The second kappa shape index (κ2) is 17.5. The minimum atomic E-state index is -0.488. The number of amides is 2. The van der Waals surface area contributed by atoms with E-state index >= 15 is 0 Å². The third-order valence-electron chi connectivity index (χ3n) is 8.20. The van der Waals surface area contributed by atoms with E-state index in [4.69, 9.17) is 25.8 Å². The molecule has 3 N–H and O–H groups in total. The maximum Gasteiger partial charge on any atom is 0.410 e. The summed E-state index contributed by atoms with van der Waals surface area (Å²) in [6.45, 7) is 6.05. The SMILES string of the molecule is CC1(C)CNC(=O)c2ccc(cc2)Nc2nc(nc(OCc3cccnc3)n2)NCc2ccc(c(Cl)c2)OCCCN(C(=O)OCc2ccccc2)C1. The molecule has 274 valence electrons. The Morgan fingerprint density at radius 1 is 0.925 bits per heavy atom. The van der Waals surface area contributed by atoms with Crippen molar-refractivity contribution in [2.75, 3.05) is 36.9 Å². The van der Waals surface area contributed by atoms with Crippen molar-refractivity contribution in [2.24, 2.45) is 5.41 Å². The zero-order valence-corrected chi connectivity index (χ0v) is 30.3. The number of nitrogens with one attached hydrogen (secondary N) is 3. The molecule has 0 atom stereocenters. The predicted molar refractivity (Wildman–Crippen MR) is 201 cm³/mol. The highest BCUT2D eigenvalue weighted by Crippen LogP contribution is 2.27. The van der Waals surface area contributed by atoms with Gasteiger partial charge in [0.2, 0.25) is 11.9 Å². The summed E-state index contributed by atoms with van der Waals surface area (Å²) < 4.78 is 17.6. The fourth-order valence-corrected chi connectivity index (χ4v) is 5.71. The van der Waals surface area contributed by atoms with E-state index in [9.17, 15) is 9.59 Å². The lowest BCUT2D eigenvalue weighted by Gasteiger charge is -2.32. The number of benzene rings is 3. The van der Waals surface area contributed by atoms with Crippen LogP contribution in [0.25, 0.3) is 0 Å². The number of anilines is 3. The highest BCUT2D eigenvalue weighted by Gasteiger charge is 2.27. The molecule has 0 saturated heterocycles. The van der Waals surface area contributed by atoms with Crippen molar-refractivity contribution in [3.63, 3.8) is 0 Å². The van der Waals surface area contributed by atoms with Gasteiger partial charge in [-0.05, 0) is 65.4 Å². The number of hydrogen-bond acceptors (Lipinski definition) is 11. The highest BCUT2D eigenvalue weighted by molar-refractivity contribution is 6.32. The van der Waals surface area contributed by atoms with Crippen LogP contribution >= 0.6 is 11.6 Å². The third kappa shape index (κ3) is 11.0. The first-order valence-electron chi connectivity index (χ1n) is 17.2. The lowest BCUT2D eigenvalue weighted by molar-refractivity contribution is 0.0767. The quantitative estimate of drug-likeness (QED) is 0.170. The number of rotatable bonds is 5. The van der Waals surface area contributed by atoms with E-state index in [1.54, 1.807) is 41.6 Å². The maximum absolute atomic E-state index is 13.4. The van der Waals surface area contributed by atoms with E-state index in [0.717, 1.165) is 16.7 Å². The van der Waals surface area contributed by atoms with Gasteiger partial charge in [0.25, 0.3) is 5.91 Å². The smallest absolute Gasteiger partial charge is 0.410 e. The Balaban J connectivity index is 1.21. The van der Waals surface area contributed by atoms with Crippen LogP contribution < -0.4 is 25.4 Å². The van der Waals surface area contributed by atoms with Gasteiger partial charge in [-0.25, -0.2) is 4.79 Å². The molecule has 6 heterocycles. The van der Waals surface area contributed by atoms with E-state index < -0.39 is 11.5 Å². The van der Waals surface area contributed by atoms with Crippen LogP contribution in [-0.4, -0.2) is 63.1 Å². The van der Waals surface area contributed by atoms with Crippen molar-refractivity contribution in [3.8, 4) is 11.8 Å². The fraction of sp³-hybridized carbons (Fsp3) is 0.282. The molecular weight excluding hydrogens is 696 g/mol. The zero-order chi connectivity index (χ0) is 37.0. The first-order chi connectivity index (χ1) is 25.7. The zero-order valence-electron chi connectivity index (χ0n) is 29.5. The highest BCUT2D eigenvalue weighted by atomic mass is 35.5. The van der Waals surface area contributed by atoms with Gasteiger partial charge < -0.3 is 35.1 Å². The molecule has 0 saturated carbocycles. The summed E-state index contributed by atoms with van der Waals surface area (Å²) in [7, 11) is 0. The fourth-order valence-electron chi connectivity index (χ4n) is 5.45. The minimum absolute atomic E-state index is 0.110. The van der Waals surface area contributed by atoms with Gasteiger partial charge in [0, 0.05) is 55.4 Å². The molecular formula is C39H41ClN8O5. The summed E-state index contributed by atoms with van der Waals surface area (Å²) in [5, 5.41) is 9.87. The second-order valence-corrected chi connectivity index (χ2v) is 13.7. The van der Waals surface area contributed by atoms with Crippen molar-refractivity contribution < 1.29 is 23.8 Å². The number of carbonyl (C=O) groups excluding carboxylic acids is 2. The standard InChI is InChI=1S/C39H41ClN8O5/c1-39(2)25-43-34(49)30-12-14-31(15-13-30)44-36-45-35(46-37(47-36)52-24-29-10-6-17-41-21-29)42-22-28-11-16-33(32(40)20-28)51-19-7-18-48(26-39)38(50)53-23-27-8-4-3-5-9-27/h3-6,8-17,20-21H,7,18-19,22-26H2,1-2H3,(H,43,49)(H2,42,44,45,46,47). The molecule has 4 aliphatic heterocycles. The molecule has 0 unspecified atom stereocenters. The molecule has 9 rings (SSSR count). The summed E-state index contributed by atoms with van der Waals surface area (Å²) in [6.07, 6.45) is 3.48. The van der Waals surface area contributed by atoms with Crippen LogP contribution in [0.15, 0.2) is 97.3 Å². The largest absolute Gasteiger partial charge is 0.492 e. The monoisotopic (exact) mass is 736 g/mol. The Labute approximate surface area is 313 Å². The Morgan fingerprint density at radius 2 is 1.72 bits per heavy atom. The number of carbonyl (C=O) groups is 2. The molecule has 13 nitrogen and oxygen atoms in total. The van der Waals surface area contributed by atoms with Crippen LogP contribution in [0.3, 0.4) is 0 Å². The maximum atomic E-state index is 13.4. The molecule has 53 heavy (non-hydrogen) atoms. The van der Waals surface area contributed by atoms with Crippen LogP contribution in [-0.2, 0) is 24.5 Å². The first-order valence-corrected chi connectivity index (χ1v) is 17.6. The summed E-state index contributed by atoms with van der Waals surface area (Å²) in [4.78, 5) is 45.8. The van der Waals surface area contributed by atoms with E-state index in [-0.39, 0.29) is 37.0 Å². The molecule has 3 aromatic carbocycles. The van der Waals surface area contributed by atoms with Gasteiger partial charge in [0.05, 0.1) is 11.6 Å². The molecule has 14 heteroatoms. The second-order valence-electron chi connectivity index (χ2n) is 13.2. The van der Waals surface area contributed by atoms with Gasteiger partial charge in [-0.15, -0.1) is 0 Å². The molecule has 2 amide bonds. The Bertz CT molecular complexity index is 1980. The number of halogens is 1. The van der Waals surface area contributed by atoms with Gasteiger partial charge in [0.1, 0.15) is 19.0 Å². The minimum Gasteiger partial charge on any atom is -0.492 e. The topological polar surface area (TPSA) is 153 Å². The normalized spacial score (nSPS) is 14.8. The number of ether oxygens (including phenoxy) is 3. The predicted octanol–water partition coefficient (Wildman–Crippen LogP) is 7.03. The van der Waals surface area contributed by atoms with E-state index in [1.807, 2.05) is 74.5 Å². The average molecular weight is 737 g/mol. The number of nitrogens with zero attached hydrogens (tertiary/aromatic N) is 5. The van der Waals surface area contributed by atoms with Crippen LogP contribution in [0.4, 0.5) is 22.4 Å².